The number of hydrogen-bond acceptors (Lipinski definition) is 4. The molecule has 0 bridgehead atoms. The van der Waals surface area contributed by atoms with Crippen LogP contribution in [0.5, 0.6) is 0 Å². The van der Waals surface area contributed by atoms with Crippen molar-refractivity contribution in [3.63, 3.8) is 0 Å². The van der Waals surface area contributed by atoms with Crippen LogP contribution in [-0.2, 0) is 17.8 Å². The molecule has 0 spiro atoms. The lowest BCUT2D eigenvalue weighted by molar-refractivity contribution is 0.173. The number of nitriles is 1. The minimum Gasteiger partial charge on any atom is -0.378 e. The molecule has 1 atom stereocenters. The van der Waals surface area contributed by atoms with Gasteiger partial charge in [0, 0.05) is 7.11 Å². The first-order valence-electron chi connectivity index (χ1n) is 5.03. The Balaban J connectivity index is 3.01. The van der Waals surface area contributed by atoms with E-state index in [-0.39, 0.29) is 12.5 Å². The van der Waals surface area contributed by atoms with Crippen LogP contribution in [0.15, 0.2) is 0 Å². The lowest BCUT2D eigenvalue weighted by Crippen LogP contribution is -2.11. The number of hydrogen-bond donors (Lipinski definition) is 0. The van der Waals surface area contributed by atoms with Crippen LogP contribution in [0.3, 0.4) is 0 Å². The molecule has 0 N–H and O–H groups in total. The summed E-state index contributed by atoms with van der Waals surface area (Å²) in [6, 6.07) is 2.37. The summed E-state index contributed by atoms with van der Waals surface area (Å²) in [5.74, 6) is 0. The fraction of sp³-hybridized carbons (Fsp3) is 0.700. The van der Waals surface area contributed by atoms with Crippen LogP contribution in [-0.4, -0.2) is 22.1 Å². The van der Waals surface area contributed by atoms with Crippen molar-refractivity contribution in [1.29, 1.82) is 5.26 Å². The summed E-state index contributed by atoms with van der Waals surface area (Å²) in [6.45, 7) is 4.62. The largest absolute Gasteiger partial charge is 0.378 e. The summed E-state index contributed by atoms with van der Waals surface area (Å²) in [6.07, 6.45) is 1.27. The number of ether oxygens (including phenoxy) is 1. The van der Waals surface area contributed by atoms with Gasteiger partial charge in [-0.2, -0.15) is 5.26 Å². The number of aromatic nitrogens is 3. The van der Waals surface area contributed by atoms with Gasteiger partial charge in [0.2, 0.25) is 0 Å². The lowest BCUT2D eigenvalue weighted by Gasteiger charge is -2.12. The van der Waals surface area contributed by atoms with Crippen LogP contribution in [0.4, 0.5) is 0 Å². The van der Waals surface area contributed by atoms with E-state index in [0.717, 1.165) is 17.8 Å². The van der Waals surface area contributed by atoms with Crippen molar-refractivity contribution in [2.75, 3.05) is 7.11 Å². The normalized spacial score (nSPS) is 12.4. The van der Waals surface area contributed by atoms with Crippen molar-refractivity contribution in [3.8, 4) is 6.07 Å². The van der Waals surface area contributed by atoms with Crippen molar-refractivity contribution in [2.45, 2.75) is 39.3 Å². The molecule has 0 fully saturated rings. The second kappa shape index (κ2) is 5.47. The molecule has 82 valence electrons. The summed E-state index contributed by atoms with van der Waals surface area (Å²) in [5, 5.41) is 16.7. The van der Waals surface area contributed by atoms with Crippen molar-refractivity contribution in [1.82, 2.24) is 15.0 Å². The average Bonchev–Trinajstić information content (AvgIpc) is 2.62. The van der Waals surface area contributed by atoms with E-state index in [1.807, 2.05) is 4.68 Å². The molecule has 1 unspecified atom stereocenters. The zero-order chi connectivity index (χ0) is 11.3. The van der Waals surface area contributed by atoms with Crippen LogP contribution >= 0.6 is 0 Å². The fourth-order valence-corrected chi connectivity index (χ4v) is 1.37. The van der Waals surface area contributed by atoms with Gasteiger partial charge in [0.15, 0.2) is 0 Å². The van der Waals surface area contributed by atoms with E-state index in [1.54, 1.807) is 7.11 Å². The van der Waals surface area contributed by atoms with Gasteiger partial charge in [0.25, 0.3) is 0 Å². The first-order chi connectivity index (χ1) is 7.24. The Morgan fingerprint density at radius 2 is 2.33 bits per heavy atom. The molecule has 0 saturated carbocycles. The molecule has 0 aliphatic rings. The quantitative estimate of drug-likeness (QED) is 0.734. The van der Waals surface area contributed by atoms with Gasteiger partial charge >= 0.3 is 0 Å². The van der Waals surface area contributed by atoms with Crippen molar-refractivity contribution >= 4 is 0 Å². The highest BCUT2D eigenvalue weighted by Gasteiger charge is 2.15. The smallest absolute Gasteiger partial charge is 0.102 e. The van der Waals surface area contributed by atoms with Crippen molar-refractivity contribution in [2.24, 2.45) is 0 Å². The van der Waals surface area contributed by atoms with Gasteiger partial charge in [-0.05, 0) is 13.3 Å². The van der Waals surface area contributed by atoms with Crippen LogP contribution < -0.4 is 0 Å². The molecule has 0 aliphatic carbocycles. The maximum Gasteiger partial charge on any atom is 0.102 e. The van der Waals surface area contributed by atoms with Crippen LogP contribution in [0, 0.1) is 11.3 Å². The van der Waals surface area contributed by atoms with E-state index >= 15 is 0 Å². The van der Waals surface area contributed by atoms with E-state index in [4.69, 9.17) is 10.00 Å². The lowest BCUT2D eigenvalue weighted by atomic mass is 10.2. The molecule has 5 nitrogen and oxygen atoms in total. The molecule has 0 saturated heterocycles. The zero-order valence-corrected chi connectivity index (χ0v) is 9.40. The number of nitrogens with zero attached hydrogens (tertiary/aromatic N) is 4. The summed E-state index contributed by atoms with van der Waals surface area (Å²) < 4.78 is 6.94. The Hall–Kier alpha value is -1.41. The van der Waals surface area contributed by atoms with E-state index in [0.29, 0.717) is 6.61 Å². The van der Waals surface area contributed by atoms with E-state index in [1.165, 1.54) is 0 Å². The second-order valence-corrected chi connectivity index (χ2v) is 3.45. The van der Waals surface area contributed by atoms with Crippen LogP contribution in [0.2, 0.25) is 0 Å². The molecule has 0 aliphatic heterocycles. The standard InChI is InChI=1S/C10H16N4O/c1-4-8(2)14-10(7-15-3)9(5-6-11)12-13-14/h8H,4-5,7H2,1-3H3. The highest BCUT2D eigenvalue weighted by Crippen LogP contribution is 2.15. The molecule has 1 heterocycles. The third-order valence-electron chi connectivity index (χ3n) is 2.41. The molecule has 0 amide bonds. The SMILES string of the molecule is CCC(C)n1nnc(CC#N)c1COC. The monoisotopic (exact) mass is 208 g/mol. The minimum absolute atomic E-state index is 0.287. The molecular formula is C10H16N4O. The predicted octanol–water partition coefficient (Wildman–Crippen LogP) is 1.46. The van der Waals surface area contributed by atoms with Gasteiger partial charge < -0.3 is 4.74 Å². The van der Waals surface area contributed by atoms with E-state index in [2.05, 4.69) is 30.2 Å². The Labute approximate surface area is 89.7 Å². The fourth-order valence-electron chi connectivity index (χ4n) is 1.37. The highest BCUT2D eigenvalue weighted by molar-refractivity contribution is 5.14. The van der Waals surface area contributed by atoms with E-state index < -0.39 is 0 Å². The number of methoxy groups -OCH3 is 1. The maximum absolute atomic E-state index is 8.65. The first kappa shape index (κ1) is 11.7. The molecule has 15 heavy (non-hydrogen) atoms. The zero-order valence-electron chi connectivity index (χ0n) is 9.40. The summed E-state index contributed by atoms with van der Waals surface area (Å²) in [4.78, 5) is 0. The van der Waals surface area contributed by atoms with Crippen molar-refractivity contribution < 1.29 is 4.74 Å². The topological polar surface area (TPSA) is 63.7 Å². The third-order valence-corrected chi connectivity index (χ3v) is 2.41. The molecule has 0 radical (unpaired) electrons. The Morgan fingerprint density at radius 3 is 2.87 bits per heavy atom. The Kier molecular flexibility index (Phi) is 4.25. The maximum atomic E-state index is 8.65. The molecule has 1 rings (SSSR count). The molecule has 5 heteroatoms. The van der Waals surface area contributed by atoms with Crippen molar-refractivity contribution in [3.05, 3.63) is 11.4 Å². The van der Waals surface area contributed by atoms with Crippen LogP contribution in [0.25, 0.3) is 0 Å². The van der Waals surface area contributed by atoms with Gasteiger partial charge in [0.05, 0.1) is 30.8 Å². The molecule has 1 aromatic rings. The second-order valence-electron chi connectivity index (χ2n) is 3.45. The molecule has 1 aromatic heterocycles. The summed E-state index contributed by atoms with van der Waals surface area (Å²) in [7, 11) is 1.63. The summed E-state index contributed by atoms with van der Waals surface area (Å²) in [5.41, 5.74) is 1.63. The van der Waals surface area contributed by atoms with Crippen LogP contribution in [0.1, 0.15) is 37.7 Å². The molecular weight excluding hydrogens is 192 g/mol. The van der Waals surface area contributed by atoms with Gasteiger partial charge in [0.1, 0.15) is 5.69 Å². The highest BCUT2D eigenvalue weighted by atomic mass is 16.5. The van der Waals surface area contributed by atoms with Gasteiger partial charge in [-0.25, -0.2) is 4.68 Å². The van der Waals surface area contributed by atoms with Gasteiger partial charge in [-0.1, -0.05) is 12.1 Å². The predicted molar refractivity (Wildman–Crippen MR) is 55.1 cm³/mol. The number of rotatable bonds is 5. The first-order valence-corrected chi connectivity index (χ1v) is 5.03. The minimum atomic E-state index is 0.287. The molecule has 0 aromatic carbocycles. The third kappa shape index (κ3) is 2.54. The van der Waals surface area contributed by atoms with Gasteiger partial charge in [-0.15, -0.1) is 5.10 Å². The van der Waals surface area contributed by atoms with E-state index in [9.17, 15) is 0 Å². The average molecular weight is 208 g/mol. The Morgan fingerprint density at radius 1 is 1.60 bits per heavy atom. The Bertz CT molecular complexity index is 353. The summed E-state index contributed by atoms with van der Waals surface area (Å²) >= 11 is 0. The van der Waals surface area contributed by atoms with Gasteiger partial charge in [-0.3, -0.25) is 0 Å².